The number of anilines is 3. The summed E-state index contributed by atoms with van der Waals surface area (Å²) >= 11 is -2.01. The van der Waals surface area contributed by atoms with Gasteiger partial charge < -0.3 is 4.74 Å². The number of nitrogens with zero attached hydrogens (tertiary/aromatic N) is 3. The number of ether oxygens (including phenoxy) is 2. The van der Waals surface area contributed by atoms with Gasteiger partial charge in [-0.1, -0.05) is 24.3 Å². The summed E-state index contributed by atoms with van der Waals surface area (Å²) in [7, 11) is 0. The van der Waals surface area contributed by atoms with Gasteiger partial charge in [-0.3, -0.25) is 0 Å². The van der Waals surface area contributed by atoms with Crippen LogP contribution >= 0.6 is 19.8 Å². The zero-order chi connectivity index (χ0) is 35.6. The van der Waals surface area contributed by atoms with Crippen molar-refractivity contribution in [3.63, 3.8) is 0 Å². The number of para-hydroxylation sites is 6. The fourth-order valence-corrected chi connectivity index (χ4v) is 13.3. The molecular formula is C48H30IN3O2. The number of hydrogen-bond donors (Lipinski definition) is 0. The molecule has 0 N–H and O–H groups in total. The molecule has 256 valence electrons. The van der Waals surface area contributed by atoms with Crippen molar-refractivity contribution >= 4 is 58.7 Å². The SMILES string of the molecule is c1ccc2c(c1)Oc1ccccc1N2c1ccc(-c2nc3cc4ccccc4cc3nc2-c2ccc(I3c4ccccc4Oc4ccccc43)cc2)cc1. The average Bonchev–Trinajstić information content (AvgIpc) is 3.23. The summed E-state index contributed by atoms with van der Waals surface area (Å²) in [5.74, 6) is 3.59. The topological polar surface area (TPSA) is 47.5 Å². The average molecular weight is 808 g/mol. The number of benzene rings is 8. The van der Waals surface area contributed by atoms with E-state index in [1.807, 2.05) is 36.4 Å². The maximum atomic E-state index is 6.35. The quantitative estimate of drug-likeness (QED) is 0.131. The monoisotopic (exact) mass is 807 g/mol. The summed E-state index contributed by atoms with van der Waals surface area (Å²) in [6.07, 6.45) is 0. The molecule has 1 aromatic heterocycles. The summed E-state index contributed by atoms with van der Waals surface area (Å²) in [4.78, 5) is 13.0. The van der Waals surface area contributed by atoms with Gasteiger partial charge in [-0.15, -0.1) is 0 Å². The van der Waals surface area contributed by atoms with Gasteiger partial charge in [-0.05, 0) is 24.3 Å². The van der Waals surface area contributed by atoms with E-state index in [1.54, 1.807) is 0 Å². The molecule has 0 radical (unpaired) electrons. The molecule has 0 amide bonds. The fraction of sp³-hybridized carbons (Fsp3) is 0. The normalized spacial score (nSPS) is 13.3. The summed E-state index contributed by atoms with van der Waals surface area (Å²) in [6, 6.07) is 63.7. The van der Waals surface area contributed by atoms with E-state index >= 15 is 0 Å². The van der Waals surface area contributed by atoms with Gasteiger partial charge in [-0.2, -0.15) is 0 Å². The van der Waals surface area contributed by atoms with Crippen LogP contribution in [0.3, 0.4) is 0 Å². The molecule has 8 aromatic carbocycles. The Hall–Kier alpha value is -6.51. The van der Waals surface area contributed by atoms with E-state index in [9.17, 15) is 0 Å². The van der Waals surface area contributed by atoms with E-state index in [0.29, 0.717) is 0 Å². The Bertz CT molecular complexity index is 2620. The Morgan fingerprint density at radius 2 is 0.833 bits per heavy atom. The van der Waals surface area contributed by atoms with Crippen molar-refractivity contribution in [1.29, 1.82) is 0 Å². The van der Waals surface area contributed by atoms with Crippen LogP contribution in [-0.4, -0.2) is 9.97 Å². The predicted molar refractivity (Wildman–Crippen MR) is 226 cm³/mol. The van der Waals surface area contributed by atoms with Crippen molar-refractivity contribution in [3.05, 3.63) is 193 Å². The molecule has 0 saturated heterocycles. The molecule has 0 aliphatic carbocycles. The Morgan fingerprint density at radius 1 is 0.407 bits per heavy atom. The third-order valence-electron chi connectivity index (χ3n) is 10.00. The zero-order valence-electron chi connectivity index (χ0n) is 28.9. The molecular weight excluding hydrogens is 777 g/mol. The van der Waals surface area contributed by atoms with Crippen LogP contribution in [0.5, 0.6) is 23.0 Å². The van der Waals surface area contributed by atoms with Gasteiger partial charge in [-0.25, -0.2) is 0 Å². The molecule has 6 heteroatoms. The molecule has 0 spiro atoms. The van der Waals surface area contributed by atoms with Gasteiger partial charge in [0.25, 0.3) is 0 Å². The van der Waals surface area contributed by atoms with Gasteiger partial charge in [0.15, 0.2) is 11.5 Å². The van der Waals surface area contributed by atoms with E-state index in [2.05, 4.69) is 150 Å². The second kappa shape index (κ2) is 12.6. The molecule has 2 aliphatic rings. The predicted octanol–water partition coefficient (Wildman–Crippen LogP) is 13.2. The summed E-state index contributed by atoms with van der Waals surface area (Å²) in [5.41, 5.74) is 8.51. The van der Waals surface area contributed by atoms with Crippen LogP contribution in [0.25, 0.3) is 44.3 Å². The Morgan fingerprint density at radius 3 is 1.37 bits per heavy atom. The standard InChI is InChI=1S/C48H30IN3O2/c1-2-12-34-30-40-39(29-33(34)11-1)50-47(31-21-25-35(26-22-31)49-37-13-3-7-17-43(37)53-44-18-8-4-14-38(44)49)48(51-40)32-23-27-36(28-24-32)52-41-15-5-9-19-45(41)54-46-20-10-6-16-42(46)52/h1-30H. The van der Waals surface area contributed by atoms with Crippen LogP contribution < -0.4 is 14.4 Å². The number of hydrogen-bond acceptors (Lipinski definition) is 5. The fourth-order valence-electron chi connectivity index (χ4n) is 7.46. The van der Waals surface area contributed by atoms with E-state index < -0.39 is 19.8 Å². The van der Waals surface area contributed by atoms with E-state index in [-0.39, 0.29) is 0 Å². The van der Waals surface area contributed by atoms with Gasteiger partial charge in [0, 0.05) is 0 Å². The first kappa shape index (κ1) is 31.1. The summed E-state index contributed by atoms with van der Waals surface area (Å²) < 4.78 is 16.6. The third-order valence-corrected chi connectivity index (χ3v) is 16.1. The molecule has 54 heavy (non-hydrogen) atoms. The van der Waals surface area contributed by atoms with Crippen molar-refractivity contribution < 1.29 is 9.47 Å². The molecule has 2 aliphatic heterocycles. The number of aromatic nitrogens is 2. The van der Waals surface area contributed by atoms with Crippen molar-refractivity contribution in [2.75, 3.05) is 4.90 Å². The zero-order valence-corrected chi connectivity index (χ0v) is 31.0. The second-order valence-corrected chi connectivity index (χ2v) is 18.5. The van der Waals surface area contributed by atoms with Crippen molar-refractivity contribution in [2.45, 2.75) is 0 Å². The second-order valence-electron chi connectivity index (χ2n) is 13.3. The van der Waals surface area contributed by atoms with Gasteiger partial charge >= 0.3 is 256 Å². The van der Waals surface area contributed by atoms with Gasteiger partial charge in [0.05, 0.1) is 0 Å². The summed E-state index contributed by atoms with van der Waals surface area (Å²) in [5, 5.41) is 2.29. The number of halogens is 1. The maximum absolute atomic E-state index is 6.35. The first-order chi connectivity index (χ1) is 26.7. The van der Waals surface area contributed by atoms with Crippen molar-refractivity contribution in [3.8, 4) is 45.5 Å². The van der Waals surface area contributed by atoms with Crippen molar-refractivity contribution in [2.24, 2.45) is 0 Å². The van der Waals surface area contributed by atoms with Gasteiger partial charge in [0.2, 0.25) is 0 Å². The van der Waals surface area contributed by atoms with Crippen LogP contribution in [0, 0.1) is 10.7 Å². The van der Waals surface area contributed by atoms with Crippen molar-refractivity contribution in [1.82, 2.24) is 9.97 Å². The molecule has 11 rings (SSSR count). The van der Waals surface area contributed by atoms with Gasteiger partial charge in [0.1, 0.15) is 0 Å². The van der Waals surface area contributed by atoms with Crippen LogP contribution in [0.15, 0.2) is 182 Å². The molecule has 5 nitrogen and oxygen atoms in total. The minimum atomic E-state index is -2.01. The van der Waals surface area contributed by atoms with E-state index in [0.717, 1.165) is 84.4 Å². The molecule has 0 bridgehead atoms. The molecule has 0 fully saturated rings. The van der Waals surface area contributed by atoms with E-state index in [4.69, 9.17) is 19.4 Å². The molecule has 3 heterocycles. The molecule has 9 aromatic rings. The molecule has 0 unspecified atom stereocenters. The number of rotatable bonds is 4. The molecule has 0 atom stereocenters. The van der Waals surface area contributed by atoms with Crippen LogP contribution in [-0.2, 0) is 0 Å². The minimum absolute atomic E-state index is 0.829. The third kappa shape index (κ3) is 5.13. The summed E-state index contributed by atoms with van der Waals surface area (Å²) in [6.45, 7) is 0. The Kier molecular flexibility index (Phi) is 7.23. The van der Waals surface area contributed by atoms with Crippen LogP contribution in [0.2, 0.25) is 0 Å². The Labute approximate surface area is 319 Å². The molecule has 0 saturated carbocycles. The first-order valence-corrected chi connectivity index (χ1v) is 21.1. The van der Waals surface area contributed by atoms with Crippen LogP contribution in [0.4, 0.5) is 17.1 Å². The number of fused-ring (bicyclic) bond motifs is 6. The van der Waals surface area contributed by atoms with E-state index in [1.165, 1.54) is 10.7 Å². The Balaban J connectivity index is 1.04. The first-order valence-electron chi connectivity index (χ1n) is 17.9. The van der Waals surface area contributed by atoms with Crippen LogP contribution in [0.1, 0.15) is 0 Å².